The Kier molecular flexibility index (Phi) is 15.0. The van der Waals surface area contributed by atoms with Gasteiger partial charge in [-0.2, -0.15) is 0 Å². The van der Waals surface area contributed by atoms with E-state index in [0.29, 0.717) is 17.9 Å². The third-order valence-electron chi connectivity index (χ3n) is 11.9. The molecule has 0 radical (unpaired) electrons. The van der Waals surface area contributed by atoms with Crippen molar-refractivity contribution in [3.05, 3.63) is 237 Å². The van der Waals surface area contributed by atoms with Gasteiger partial charge in [-0.25, -0.2) is 0 Å². The summed E-state index contributed by atoms with van der Waals surface area (Å²) in [5.41, 5.74) is 13.0. The second kappa shape index (κ2) is 20.6. The highest BCUT2D eigenvalue weighted by Crippen LogP contribution is 2.38. The van der Waals surface area contributed by atoms with E-state index < -0.39 is 15.3 Å². The van der Waals surface area contributed by atoms with Crippen LogP contribution in [0.4, 0.5) is 0 Å². The van der Waals surface area contributed by atoms with Gasteiger partial charge in [0.2, 0.25) is 0 Å². The van der Waals surface area contributed by atoms with Crippen molar-refractivity contribution in [2.24, 2.45) is 0 Å². The highest BCUT2D eigenvalue weighted by Gasteiger charge is 2.49. The predicted molar refractivity (Wildman–Crippen MR) is 281 cm³/mol. The molecular weight excluding hydrogens is 888 g/mol. The molecule has 8 heteroatoms. The van der Waals surface area contributed by atoms with Crippen LogP contribution in [-0.2, 0) is 12.8 Å². The first-order valence-corrected chi connectivity index (χ1v) is 28.2. The maximum Gasteiger partial charge on any atom is 0.531 e. The second-order valence-electron chi connectivity index (χ2n) is 17.5. The summed E-state index contributed by atoms with van der Waals surface area (Å²) >= 11 is 13.0. The molecule has 0 saturated carbocycles. The molecule has 0 bridgehead atoms. The molecule has 66 heavy (non-hydrogen) atoms. The summed E-state index contributed by atoms with van der Waals surface area (Å²) in [5.74, 6) is 2.56. The van der Waals surface area contributed by atoms with Gasteiger partial charge in [-0.3, -0.25) is 0 Å². The van der Waals surface area contributed by atoms with Gasteiger partial charge in [0.25, 0.3) is 0 Å². The standard InChI is InChI=1S/C29H28O2Si.C17H20O2.C12H10Cl2Si/c1-20-15-22(3)28-24(17-20)19-25-18-21(2)16-23(4)29(25)31-32(30-28,26-11-7-5-8-12-26)27-13-9-6-10-14-27;1-10-5-12(3)16(18)14(7-10)9-15-8-11(2)6-13(4)17(15)19;13-15(14,11-7-3-1-4-8-11)12-9-5-2-6-10-12/h5-18H,19H2,1-4H3;5-8,18-19H,9H2,1-4H3;1-10H. The van der Waals surface area contributed by atoms with Gasteiger partial charge in [0.1, 0.15) is 23.0 Å². The van der Waals surface area contributed by atoms with Gasteiger partial charge in [-0.15, -0.1) is 22.2 Å². The number of rotatable bonds is 6. The van der Waals surface area contributed by atoms with E-state index in [0.717, 1.165) is 83.2 Å². The minimum atomic E-state index is -3.12. The van der Waals surface area contributed by atoms with Gasteiger partial charge in [-0.05, 0) is 110 Å². The minimum Gasteiger partial charge on any atom is -0.507 e. The highest BCUT2D eigenvalue weighted by molar-refractivity contribution is 7.56. The molecule has 0 amide bonds. The molecular formula is C58H58Cl2O4Si2. The summed E-state index contributed by atoms with van der Waals surface area (Å²) in [5, 5.41) is 24.5. The molecule has 0 fully saturated rings. The Balaban J connectivity index is 0.000000162. The summed E-state index contributed by atoms with van der Waals surface area (Å²) in [6.45, 7) is 13.9. The Morgan fingerprint density at radius 1 is 0.439 bits per heavy atom. The zero-order valence-corrected chi connectivity index (χ0v) is 42.6. The number of hydrogen-bond acceptors (Lipinski definition) is 4. The van der Waals surface area contributed by atoms with Crippen molar-refractivity contribution in [1.82, 2.24) is 0 Å². The van der Waals surface area contributed by atoms with E-state index in [4.69, 9.17) is 31.0 Å². The fourth-order valence-electron chi connectivity index (χ4n) is 8.90. The van der Waals surface area contributed by atoms with E-state index in [1.165, 1.54) is 22.3 Å². The molecule has 0 aliphatic carbocycles. The van der Waals surface area contributed by atoms with Crippen molar-refractivity contribution in [2.75, 3.05) is 0 Å². The number of fused-ring (bicyclic) bond motifs is 2. The molecule has 9 rings (SSSR count). The lowest BCUT2D eigenvalue weighted by Gasteiger charge is -2.36. The lowest BCUT2D eigenvalue weighted by atomic mass is 9.96. The lowest BCUT2D eigenvalue weighted by Crippen LogP contribution is -2.68. The molecule has 0 aromatic heterocycles. The number of phenols is 2. The minimum absolute atomic E-state index is 0.323. The SMILES string of the molecule is Cc1cc(C)c(O)c(Cc2cc(C)cc(C)c2O)c1.Cc1cc(C)c2c(c1)Cc1cc(C)cc(C)c1O[Si](c1ccccc1)(c1ccccc1)O2.Cl[Si](Cl)(c1ccccc1)c1ccccc1. The van der Waals surface area contributed by atoms with Gasteiger partial charge >= 0.3 is 15.3 Å². The first-order valence-electron chi connectivity index (χ1n) is 22.3. The van der Waals surface area contributed by atoms with Crippen LogP contribution >= 0.6 is 22.2 Å². The summed E-state index contributed by atoms with van der Waals surface area (Å²) in [6.07, 6.45) is 1.34. The number of aromatic hydroxyl groups is 2. The van der Waals surface area contributed by atoms with Crippen LogP contribution in [0.15, 0.2) is 170 Å². The number of halogens is 2. The van der Waals surface area contributed by atoms with E-state index in [1.54, 1.807) is 0 Å². The molecule has 8 aromatic rings. The van der Waals surface area contributed by atoms with E-state index in [-0.39, 0.29) is 0 Å². The van der Waals surface area contributed by atoms with Crippen molar-refractivity contribution in [3.8, 4) is 23.0 Å². The lowest BCUT2D eigenvalue weighted by molar-refractivity contribution is 0.403. The molecule has 2 N–H and O–H groups in total. The first kappa shape index (κ1) is 47.9. The largest absolute Gasteiger partial charge is 0.531 e. The molecule has 336 valence electrons. The summed E-state index contributed by atoms with van der Waals surface area (Å²) in [7, 11) is -3.12. The molecule has 1 heterocycles. The molecule has 1 aliphatic heterocycles. The van der Waals surface area contributed by atoms with Crippen LogP contribution in [-0.4, -0.2) is 25.5 Å². The zero-order valence-electron chi connectivity index (χ0n) is 39.0. The smallest absolute Gasteiger partial charge is 0.507 e. The zero-order chi connectivity index (χ0) is 47.2. The van der Waals surface area contributed by atoms with E-state index in [1.807, 2.05) is 125 Å². The van der Waals surface area contributed by atoms with Crippen molar-refractivity contribution >= 4 is 58.2 Å². The van der Waals surface area contributed by atoms with Crippen LogP contribution in [0.25, 0.3) is 0 Å². The van der Waals surface area contributed by atoms with Crippen LogP contribution in [0.3, 0.4) is 0 Å². The normalized spacial score (nSPS) is 12.6. The Morgan fingerprint density at radius 3 is 1.12 bits per heavy atom. The van der Waals surface area contributed by atoms with Crippen molar-refractivity contribution in [3.63, 3.8) is 0 Å². The van der Waals surface area contributed by atoms with Gasteiger partial charge in [0.15, 0.2) is 0 Å². The van der Waals surface area contributed by atoms with Crippen LogP contribution in [0.2, 0.25) is 0 Å². The monoisotopic (exact) mass is 944 g/mol. The van der Waals surface area contributed by atoms with E-state index in [9.17, 15) is 10.2 Å². The van der Waals surface area contributed by atoms with Crippen LogP contribution in [0.5, 0.6) is 23.0 Å². The quantitative estimate of drug-likeness (QED) is 0.129. The van der Waals surface area contributed by atoms with Gasteiger partial charge in [-0.1, -0.05) is 192 Å². The Labute approximate surface area is 402 Å². The molecule has 0 saturated heterocycles. The van der Waals surface area contributed by atoms with Crippen LogP contribution < -0.4 is 29.6 Å². The average Bonchev–Trinajstić information content (AvgIpc) is 3.29. The third-order valence-corrected chi connectivity index (χ3v) is 19.8. The maximum absolute atomic E-state index is 10.1. The fourth-order valence-corrected chi connectivity index (χ4v) is 15.2. The van der Waals surface area contributed by atoms with Crippen LogP contribution in [0.1, 0.15) is 66.8 Å². The topological polar surface area (TPSA) is 58.9 Å². The number of hydrogen-bond donors (Lipinski definition) is 2. The van der Waals surface area contributed by atoms with Gasteiger partial charge in [0.05, 0.1) is 0 Å². The van der Waals surface area contributed by atoms with E-state index in [2.05, 4.69) is 100 Å². The molecule has 0 spiro atoms. The molecule has 0 unspecified atom stereocenters. The predicted octanol–water partition coefficient (Wildman–Crippen LogP) is 12.2. The molecule has 4 nitrogen and oxygen atoms in total. The number of aryl methyl sites for hydroxylation is 8. The van der Waals surface area contributed by atoms with Crippen molar-refractivity contribution in [1.29, 1.82) is 0 Å². The van der Waals surface area contributed by atoms with Crippen molar-refractivity contribution in [2.45, 2.75) is 68.2 Å². The second-order valence-corrected chi connectivity index (χ2v) is 26.6. The van der Waals surface area contributed by atoms with Crippen molar-refractivity contribution < 1.29 is 19.1 Å². The Bertz CT molecular complexity index is 2740. The summed E-state index contributed by atoms with van der Waals surface area (Å²) < 4.78 is 14.3. The van der Waals surface area contributed by atoms with E-state index >= 15 is 0 Å². The molecule has 8 aromatic carbocycles. The average molecular weight is 946 g/mol. The first-order chi connectivity index (χ1) is 31.5. The molecule has 0 atom stereocenters. The summed E-state index contributed by atoms with van der Waals surface area (Å²) in [6, 6.07) is 57.5. The number of benzene rings is 8. The highest BCUT2D eigenvalue weighted by atomic mass is 35.7. The van der Waals surface area contributed by atoms with Gasteiger partial charge < -0.3 is 19.1 Å². The molecule has 1 aliphatic rings. The Morgan fingerprint density at radius 2 is 0.758 bits per heavy atom. The number of phenolic OH excluding ortho intramolecular Hbond substituents is 2. The van der Waals surface area contributed by atoms with Crippen LogP contribution in [0, 0.1) is 55.4 Å². The Hall–Kier alpha value is -6.03. The fraction of sp³-hybridized carbons (Fsp3) is 0.172. The third kappa shape index (κ3) is 10.8. The maximum atomic E-state index is 10.1. The van der Waals surface area contributed by atoms with Gasteiger partial charge in [0, 0.05) is 23.2 Å². The summed E-state index contributed by atoms with van der Waals surface area (Å²) in [4.78, 5) is 0.